The smallest absolute Gasteiger partial charge is 0.250 e. The average Bonchev–Trinajstić information content (AvgIpc) is 2.67. The molecule has 0 unspecified atom stereocenters. The number of pyridine rings is 1. The Morgan fingerprint density at radius 1 is 1.04 bits per heavy atom. The first kappa shape index (κ1) is 18.8. The van der Waals surface area contributed by atoms with Gasteiger partial charge >= 0.3 is 0 Å². The van der Waals surface area contributed by atoms with Crippen molar-refractivity contribution >= 4 is 5.91 Å². The fourth-order valence-corrected chi connectivity index (χ4v) is 4.67. The molecule has 3 heterocycles. The van der Waals surface area contributed by atoms with E-state index in [9.17, 15) is 9.59 Å². The zero-order valence-corrected chi connectivity index (χ0v) is 17.1. The number of fused-ring (bicyclic) bond motifs is 4. The Morgan fingerprint density at radius 2 is 1.75 bits per heavy atom. The first-order valence-corrected chi connectivity index (χ1v) is 9.95. The van der Waals surface area contributed by atoms with Gasteiger partial charge in [0.2, 0.25) is 5.91 Å². The summed E-state index contributed by atoms with van der Waals surface area (Å²) in [5.41, 5.74) is 2.89. The van der Waals surface area contributed by atoms with Crippen LogP contribution in [0.15, 0.2) is 41.2 Å². The molecule has 148 valence electrons. The van der Waals surface area contributed by atoms with E-state index in [0.717, 1.165) is 35.5 Å². The van der Waals surface area contributed by atoms with Gasteiger partial charge in [-0.1, -0.05) is 32.9 Å². The SMILES string of the molecule is COc1ccc(-c2ccc(=O)n3c2[C@@H]2C[C@H](CN(C(=O)C(C)(C)C)C2)C3)cc1. The van der Waals surface area contributed by atoms with E-state index < -0.39 is 0 Å². The topological polar surface area (TPSA) is 51.5 Å². The minimum atomic E-state index is -0.388. The number of piperidine rings is 1. The van der Waals surface area contributed by atoms with Crippen molar-refractivity contribution in [3.05, 3.63) is 52.4 Å². The molecule has 1 aromatic carbocycles. The molecule has 0 spiro atoms. The maximum absolute atomic E-state index is 12.9. The maximum Gasteiger partial charge on any atom is 0.250 e. The van der Waals surface area contributed by atoms with Gasteiger partial charge in [0.1, 0.15) is 5.75 Å². The van der Waals surface area contributed by atoms with Crippen molar-refractivity contribution in [2.24, 2.45) is 11.3 Å². The summed E-state index contributed by atoms with van der Waals surface area (Å²) in [4.78, 5) is 27.5. The largest absolute Gasteiger partial charge is 0.497 e. The number of amides is 1. The minimum Gasteiger partial charge on any atom is -0.497 e. The van der Waals surface area contributed by atoms with Gasteiger partial charge in [0.25, 0.3) is 5.56 Å². The van der Waals surface area contributed by atoms with Crippen molar-refractivity contribution in [1.82, 2.24) is 9.47 Å². The molecule has 4 rings (SSSR count). The van der Waals surface area contributed by atoms with E-state index in [1.807, 2.05) is 60.6 Å². The molecule has 2 aliphatic rings. The van der Waals surface area contributed by atoms with Crippen LogP contribution in [0, 0.1) is 11.3 Å². The van der Waals surface area contributed by atoms with Crippen molar-refractivity contribution in [2.45, 2.75) is 39.7 Å². The normalized spacial score (nSPS) is 21.2. The zero-order chi connectivity index (χ0) is 20.1. The second-order valence-electron chi connectivity index (χ2n) is 9.07. The molecule has 0 aliphatic carbocycles. The molecular weight excluding hydrogens is 352 g/mol. The lowest BCUT2D eigenvalue weighted by molar-refractivity contribution is -0.142. The van der Waals surface area contributed by atoms with Gasteiger partial charge in [0.05, 0.1) is 7.11 Å². The fraction of sp³-hybridized carbons (Fsp3) is 0.478. The molecule has 1 fully saturated rings. The Bertz CT molecular complexity index is 953. The van der Waals surface area contributed by atoms with E-state index in [1.165, 1.54) is 0 Å². The van der Waals surface area contributed by atoms with Gasteiger partial charge in [-0.25, -0.2) is 0 Å². The van der Waals surface area contributed by atoms with E-state index in [2.05, 4.69) is 0 Å². The van der Waals surface area contributed by atoms with Crippen molar-refractivity contribution in [3.63, 3.8) is 0 Å². The highest BCUT2D eigenvalue weighted by Crippen LogP contribution is 2.40. The van der Waals surface area contributed by atoms with Gasteiger partial charge < -0.3 is 14.2 Å². The third-order valence-electron chi connectivity index (χ3n) is 5.92. The van der Waals surface area contributed by atoms with Crippen LogP contribution in [0.1, 0.15) is 38.8 Å². The first-order chi connectivity index (χ1) is 13.3. The summed E-state index contributed by atoms with van der Waals surface area (Å²) in [7, 11) is 1.65. The highest BCUT2D eigenvalue weighted by atomic mass is 16.5. The monoisotopic (exact) mass is 380 g/mol. The summed E-state index contributed by atoms with van der Waals surface area (Å²) in [5.74, 6) is 1.52. The minimum absolute atomic E-state index is 0.0533. The van der Waals surface area contributed by atoms with E-state index in [1.54, 1.807) is 13.2 Å². The Balaban J connectivity index is 1.76. The third kappa shape index (κ3) is 3.23. The van der Waals surface area contributed by atoms with Crippen LogP contribution in [0.3, 0.4) is 0 Å². The molecule has 1 amide bonds. The second kappa shape index (κ2) is 6.80. The summed E-state index contributed by atoms with van der Waals surface area (Å²) >= 11 is 0. The van der Waals surface area contributed by atoms with E-state index in [-0.39, 0.29) is 22.8 Å². The Labute approximate surface area is 165 Å². The standard InChI is InChI=1S/C23H28N2O3/c1-23(2,3)22(27)24-12-15-11-17(14-24)21-19(9-10-20(26)25(21)13-15)16-5-7-18(28-4)8-6-16/h5-10,15,17H,11-14H2,1-4H3/t15-,17-/m1/s1. The van der Waals surface area contributed by atoms with Gasteiger partial charge in [-0.2, -0.15) is 0 Å². The number of likely N-dealkylation sites (tertiary alicyclic amines) is 1. The highest BCUT2D eigenvalue weighted by Gasteiger charge is 2.40. The number of carbonyl (C=O) groups excluding carboxylic acids is 1. The maximum atomic E-state index is 12.9. The number of benzene rings is 1. The Morgan fingerprint density at radius 3 is 2.39 bits per heavy atom. The molecule has 28 heavy (non-hydrogen) atoms. The lowest BCUT2D eigenvalue weighted by Gasteiger charge is -2.45. The Hall–Kier alpha value is -2.56. The third-order valence-corrected chi connectivity index (χ3v) is 5.92. The van der Waals surface area contributed by atoms with Crippen LogP contribution in [0.4, 0.5) is 0 Å². The number of rotatable bonds is 2. The number of ether oxygens (including phenoxy) is 1. The number of methoxy groups -OCH3 is 1. The van der Waals surface area contributed by atoms with Gasteiger partial charge in [0, 0.05) is 48.3 Å². The lowest BCUT2D eigenvalue weighted by atomic mass is 9.79. The molecule has 0 N–H and O–H groups in total. The molecular formula is C23H28N2O3. The van der Waals surface area contributed by atoms with Crippen LogP contribution in [0.25, 0.3) is 11.1 Å². The molecule has 1 aromatic heterocycles. The Kier molecular flexibility index (Phi) is 4.56. The lowest BCUT2D eigenvalue weighted by Crippen LogP contribution is -2.51. The zero-order valence-electron chi connectivity index (χ0n) is 17.1. The molecule has 5 nitrogen and oxygen atoms in total. The van der Waals surface area contributed by atoms with Crippen molar-refractivity contribution in [3.8, 4) is 16.9 Å². The van der Waals surface area contributed by atoms with Gasteiger partial charge in [-0.15, -0.1) is 0 Å². The molecule has 2 aliphatic heterocycles. The van der Waals surface area contributed by atoms with Crippen LogP contribution in [0.5, 0.6) is 5.75 Å². The molecule has 0 saturated carbocycles. The van der Waals surface area contributed by atoms with Crippen LogP contribution < -0.4 is 10.3 Å². The summed E-state index contributed by atoms with van der Waals surface area (Å²) in [6.07, 6.45) is 1.03. The van der Waals surface area contributed by atoms with Gasteiger partial charge in [-0.05, 0) is 36.1 Å². The number of hydrogen-bond donors (Lipinski definition) is 0. The van der Waals surface area contributed by atoms with E-state index in [0.29, 0.717) is 19.0 Å². The van der Waals surface area contributed by atoms with Crippen molar-refractivity contribution < 1.29 is 9.53 Å². The molecule has 2 bridgehead atoms. The number of carbonyl (C=O) groups is 1. The number of hydrogen-bond acceptors (Lipinski definition) is 3. The van der Waals surface area contributed by atoms with Gasteiger partial charge in [-0.3, -0.25) is 9.59 Å². The summed E-state index contributed by atoms with van der Waals surface area (Å²) in [5, 5.41) is 0. The summed E-state index contributed by atoms with van der Waals surface area (Å²) < 4.78 is 7.22. The highest BCUT2D eigenvalue weighted by molar-refractivity contribution is 5.82. The van der Waals surface area contributed by atoms with Crippen LogP contribution in [0.2, 0.25) is 0 Å². The molecule has 1 saturated heterocycles. The first-order valence-electron chi connectivity index (χ1n) is 9.95. The second-order valence-corrected chi connectivity index (χ2v) is 9.07. The van der Waals surface area contributed by atoms with Crippen molar-refractivity contribution in [1.29, 1.82) is 0 Å². The predicted octanol–water partition coefficient (Wildman–Crippen LogP) is 3.52. The molecule has 5 heteroatoms. The van der Waals surface area contributed by atoms with Crippen molar-refractivity contribution in [2.75, 3.05) is 20.2 Å². The fourth-order valence-electron chi connectivity index (χ4n) is 4.67. The summed E-state index contributed by atoms with van der Waals surface area (Å²) in [6.45, 7) is 8.02. The molecule has 2 atom stereocenters. The predicted molar refractivity (Wildman–Crippen MR) is 110 cm³/mol. The van der Waals surface area contributed by atoms with E-state index in [4.69, 9.17) is 4.74 Å². The number of nitrogens with zero attached hydrogens (tertiary/aromatic N) is 2. The quantitative estimate of drug-likeness (QED) is 0.801. The number of aromatic nitrogens is 1. The molecule has 0 radical (unpaired) electrons. The van der Waals surface area contributed by atoms with Gasteiger partial charge in [0.15, 0.2) is 0 Å². The summed E-state index contributed by atoms with van der Waals surface area (Å²) in [6, 6.07) is 11.6. The van der Waals surface area contributed by atoms with Crippen LogP contribution in [-0.4, -0.2) is 35.6 Å². The van der Waals surface area contributed by atoms with Crippen LogP contribution in [-0.2, 0) is 11.3 Å². The molecule has 2 aromatic rings. The average molecular weight is 380 g/mol. The van der Waals surface area contributed by atoms with Crippen LogP contribution >= 0.6 is 0 Å². The van der Waals surface area contributed by atoms with E-state index >= 15 is 0 Å².